The molecule has 0 bridgehead atoms. The van der Waals surface area contributed by atoms with Gasteiger partial charge in [0.25, 0.3) is 0 Å². The van der Waals surface area contributed by atoms with Crippen LogP contribution in [0.5, 0.6) is 0 Å². The molecule has 2 heteroatoms. The Morgan fingerprint density at radius 1 is 0.591 bits per heavy atom. The summed E-state index contributed by atoms with van der Waals surface area (Å²) >= 11 is 0. The van der Waals surface area contributed by atoms with E-state index in [0.717, 1.165) is 0 Å². The van der Waals surface area contributed by atoms with E-state index in [-0.39, 0.29) is 0 Å². The molecule has 0 nitrogen and oxygen atoms in total. The summed E-state index contributed by atoms with van der Waals surface area (Å²) < 4.78 is 0. The molecule has 0 radical (unpaired) electrons. The molecule has 0 aliphatic rings. The monoisotopic (exact) mass is 322 g/mol. The fourth-order valence-electron chi connectivity index (χ4n) is 2.52. The van der Waals surface area contributed by atoms with Gasteiger partial charge in [-0.1, -0.05) is 121 Å². The summed E-state index contributed by atoms with van der Waals surface area (Å²) in [5.41, 5.74) is 4.85. The molecule has 2 aromatic rings. The molecule has 0 spiro atoms. The Bertz CT molecular complexity index is 595. The first-order valence-corrected chi connectivity index (χ1v) is 14.1. The van der Waals surface area contributed by atoms with Gasteiger partial charge in [0, 0.05) is 0 Å². The molecular weight excluding hydrogens is 296 g/mol. The Labute approximate surface area is 137 Å². The van der Waals surface area contributed by atoms with E-state index in [4.69, 9.17) is 0 Å². The maximum Gasteiger partial charge on any atom is 0.138 e. The Kier molecular flexibility index (Phi) is 5.38. The van der Waals surface area contributed by atoms with E-state index >= 15 is 0 Å². The van der Waals surface area contributed by atoms with Crippen LogP contribution in [0.2, 0.25) is 26.2 Å². The minimum absolute atomic E-state index is 1.13. The molecule has 114 valence electrons. The Morgan fingerprint density at radius 3 is 1.41 bits per heavy atom. The van der Waals surface area contributed by atoms with E-state index in [1.165, 1.54) is 10.4 Å². The molecule has 22 heavy (non-hydrogen) atoms. The van der Waals surface area contributed by atoms with Gasteiger partial charge in [-0.05, 0) is 0 Å². The quantitative estimate of drug-likeness (QED) is 0.565. The van der Waals surface area contributed by atoms with Gasteiger partial charge in [-0.2, -0.15) is 0 Å². The Hall–Kier alpha value is -1.65. The topological polar surface area (TPSA) is 0 Å². The first-order valence-electron chi connectivity index (χ1n) is 7.90. The van der Waals surface area contributed by atoms with Gasteiger partial charge < -0.3 is 0 Å². The first-order chi connectivity index (χ1) is 10.4. The van der Waals surface area contributed by atoms with Gasteiger partial charge in [-0.15, -0.1) is 0 Å². The van der Waals surface area contributed by atoms with Crippen molar-refractivity contribution in [2.24, 2.45) is 0 Å². The van der Waals surface area contributed by atoms with Crippen molar-refractivity contribution in [1.82, 2.24) is 0 Å². The van der Waals surface area contributed by atoms with Gasteiger partial charge in [0.2, 0.25) is 0 Å². The van der Waals surface area contributed by atoms with Crippen LogP contribution >= 0.6 is 0 Å². The zero-order valence-electron chi connectivity index (χ0n) is 14.1. The molecule has 0 aliphatic heterocycles. The number of benzene rings is 2. The zero-order valence-corrected chi connectivity index (χ0v) is 16.1. The molecule has 0 saturated heterocycles. The van der Waals surface area contributed by atoms with E-state index in [2.05, 4.69) is 110 Å². The minimum atomic E-state index is -1.81. The Morgan fingerprint density at radius 2 is 1.00 bits per heavy atom. The van der Waals surface area contributed by atoms with Crippen molar-refractivity contribution in [1.29, 1.82) is 0 Å². The summed E-state index contributed by atoms with van der Waals surface area (Å²) in [6.45, 7) is 9.52. The molecule has 0 aromatic heterocycles. The maximum absolute atomic E-state index is 2.45. The van der Waals surface area contributed by atoms with Gasteiger partial charge >= 0.3 is 0 Å². The molecule has 0 atom stereocenters. The van der Waals surface area contributed by atoms with E-state index in [1.54, 1.807) is 0 Å². The minimum Gasteiger partial charge on any atom is -0.0950 e. The molecule has 2 aromatic carbocycles. The van der Waals surface area contributed by atoms with Crippen LogP contribution in [0.4, 0.5) is 0 Å². The van der Waals surface area contributed by atoms with Crippen molar-refractivity contribution in [3.63, 3.8) is 0 Å². The summed E-state index contributed by atoms with van der Waals surface area (Å²) in [5, 5.41) is 2.91. The standard InChI is InChI=1S/C20H26Si2/c1-21(2,3)17-11-12-18-22(4,19-13-7-5-8-14-19)20-15-9-6-10-16-20/h5-18H,1-4H3/b17-11+,18-12-. The van der Waals surface area contributed by atoms with Crippen LogP contribution < -0.4 is 10.4 Å². The van der Waals surface area contributed by atoms with Crippen LogP contribution in [-0.4, -0.2) is 16.1 Å². The summed E-state index contributed by atoms with van der Waals surface area (Å²) in [5.74, 6) is 0. The van der Waals surface area contributed by atoms with Crippen LogP contribution in [0.1, 0.15) is 0 Å². The highest BCUT2D eigenvalue weighted by molar-refractivity contribution is 7.05. The average molecular weight is 323 g/mol. The molecule has 0 saturated carbocycles. The lowest BCUT2D eigenvalue weighted by Gasteiger charge is -2.25. The van der Waals surface area contributed by atoms with Crippen molar-refractivity contribution in [3.8, 4) is 0 Å². The molecule has 0 unspecified atom stereocenters. The fraction of sp³-hybridized carbons (Fsp3) is 0.200. The molecular formula is C20H26Si2. The van der Waals surface area contributed by atoms with Crippen molar-refractivity contribution in [3.05, 3.63) is 84.2 Å². The summed E-state index contributed by atoms with van der Waals surface area (Å²) in [7, 11) is -2.94. The van der Waals surface area contributed by atoms with E-state index in [0.29, 0.717) is 0 Å². The number of rotatable bonds is 5. The summed E-state index contributed by atoms with van der Waals surface area (Å²) in [6, 6.07) is 21.9. The molecule has 0 amide bonds. The third-order valence-electron chi connectivity index (χ3n) is 3.88. The molecule has 0 N–H and O–H groups in total. The second kappa shape index (κ2) is 7.08. The third kappa shape index (κ3) is 4.42. The van der Waals surface area contributed by atoms with Gasteiger partial charge in [0.15, 0.2) is 0 Å². The lowest BCUT2D eigenvalue weighted by Crippen LogP contribution is -2.54. The van der Waals surface area contributed by atoms with Crippen LogP contribution in [-0.2, 0) is 0 Å². The predicted molar refractivity (Wildman–Crippen MR) is 105 cm³/mol. The largest absolute Gasteiger partial charge is 0.138 e. The van der Waals surface area contributed by atoms with Crippen molar-refractivity contribution >= 4 is 26.5 Å². The van der Waals surface area contributed by atoms with Gasteiger partial charge in [0.1, 0.15) is 8.07 Å². The third-order valence-corrected chi connectivity index (χ3v) is 9.00. The lowest BCUT2D eigenvalue weighted by molar-refractivity contribution is 1.69. The maximum atomic E-state index is 2.45. The highest BCUT2D eigenvalue weighted by atomic mass is 28.3. The lowest BCUT2D eigenvalue weighted by atomic mass is 10.4. The van der Waals surface area contributed by atoms with E-state index in [9.17, 15) is 0 Å². The van der Waals surface area contributed by atoms with Gasteiger partial charge in [-0.25, -0.2) is 0 Å². The zero-order chi connectivity index (χ0) is 16.1. The first kappa shape index (κ1) is 16.7. The second-order valence-corrected chi connectivity index (χ2v) is 16.0. The second-order valence-electron chi connectivity index (χ2n) is 7.02. The smallest absolute Gasteiger partial charge is 0.0950 e. The molecule has 0 aliphatic carbocycles. The van der Waals surface area contributed by atoms with Crippen molar-refractivity contribution in [2.75, 3.05) is 0 Å². The highest BCUT2D eigenvalue weighted by Crippen LogP contribution is 2.08. The van der Waals surface area contributed by atoms with Crippen molar-refractivity contribution in [2.45, 2.75) is 26.2 Å². The SMILES string of the molecule is C[Si](C)(C)/C=C/C=C\[Si](C)(c1ccccc1)c1ccccc1. The van der Waals surface area contributed by atoms with Crippen LogP contribution in [0.3, 0.4) is 0 Å². The normalized spacial score (nSPS) is 13.1. The molecule has 0 fully saturated rings. The number of hydrogen-bond acceptors (Lipinski definition) is 0. The van der Waals surface area contributed by atoms with Gasteiger partial charge in [0.05, 0.1) is 8.07 Å². The van der Waals surface area contributed by atoms with E-state index in [1.807, 2.05) is 0 Å². The fourth-order valence-corrected chi connectivity index (χ4v) is 6.19. The predicted octanol–water partition coefficient (Wildman–Crippen LogP) is 4.41. The van der Waals surface area contributed by atoms with Crippen LogP contribution in [0, 0.1) is 0 Å². The molecule has 2 rings (SSSR count). The van der Waals surface area contributed by atoms with Crippen LogP contribution in [0.25, 0.3) is 0 Å². The van der Waals surface area contributed by atoms with E-state index < -0.39 is 16.1 Å². The highest BCUT2D eigenvalue weighted by Gasteiger charge is 2.28. The number of allylic oxidation sites excluding steroid dienone is 2. The summed E-state index contributed by atoms with van der Waals surface area (Å²) in [4.78, 5) is 0. The Balaban J connectivity index is 2.39. The molecule has 0 heterocycles. The van der Waals surface area contributed by atoms with Crippen LogP contribution in [0.15, 0.2) is 84.2 Å². The average Bonchev–Trinajstić information content (AvgIpc) is 2.52. The van der Waals surface area contributed by atoms with Crippen molar-refractivity contribution < 1.29 is 0 Å². The summed E-state index contributed by atoms with van der Waals surface area (Å²) in [6.07, 6.45) is 4.52. The van der Waals surface area contributed by atoms with Gasteiger partial charge in [-0.3, -0.25) is 0 Å². The number of hydrogen-bond donors (Lipinski definition) is 0.